The van der Waals surface area contributed by atoms with Crippen molar-refractivity contribution < 1.29 is 9.53 Å². The van der Waals surface area contributed by atoms with E-state index < -0.39 is 6.10 Å². The number of hydrogen-bond donors (Lipinski definition) is 1. The number of hydrogen-bond acceptors (Lipinski definition) is 4. The lowest BCUT2D eigenvalue weighted by Crippen LogP contribution is -2.51. The molecule has 0 fully saturated rings. The molecular weight excluding hydrogens is 342 g/mol. The molecule has 3 rings (SSSR count). The van der Waals surface area contributed by atoms with E-state index in [2.05, 4.69) is 24.1 Å². The molecule has 1 atom stereocenters. The van der Waals surface area contributed by atoms with Crippen molar-refractivity contribution >= 4 is 11.6 Å². The van der Waals surface area contributed by atoms with Crippen LogP contribution in [-0.4, -0.2) is 29.2 Å². The van der Waals surface area contributed by atoms with Crippen molar-refractivity contribution in [2.75, 3.05) is 11.4 Å². The summed E-state index contributed by atoms with van der Waals surface area (Å²) in [5.74, 6) is 0.601. The number of ether oxygens (including phenoxy) is 1. The van der Waals surface area contributed by atoms with Gasteiger partial charge in [-0.05, 0) is 36.6 Å². The van der Waals surface area contributed by atoms with Crippen LogP contribution in [0, 0.1) is 0 Å². The molecule has 0 bridgehead atoms. The van der Waals surface area contributed by atoms with Crippen molar-refractivity contribution in [1.29, 1.82) is 0 Å². The first-order valence-corrected chi connectivity index (χ1v) is 9.48. The van der Waals surface area contributed by atoms with Gasteiger partial charge in [-0.1, -0.05) is 26.0 Å². The summed E-state index contributed by atoms with van der Waals surface area (Å²) < 4.78 is 7.52. The fourth-order valence-electron chi connectivity index (χ4n) is 3.29. The van der Waals surface area contributed by atoms with Crippen LogP contribution in [-0.2, 0) is 18.4 Å². The zero-order chi connectivity index (χ0) is 19.4. The Bertz CT molecular complexity index is 858. The largest absolute Gasteiger partial charge is 0.477 e. The van der Waals surface area contributed by atoms with Crippen LogP contribution in [0.5, 0.6) is 5.75 Å². The Balaban J connectivity index is 1.83. The highest BCUT2D eigenvalue weighted by molar-refractivity contribution is 5.83. The summed E-state index contributed by atoms with van der Waals surface area (Å²) in [6.45, 7) is 5.12. The average molecular weight is 369 g/mol. The zero-order valence-electron chi connectivity index (χ0n) is 16.1. The summed E-state index contributed by atoms with van der Waals surface area (Å²) in [5.41, 5.74) is 1.80. The fourth-order valence-corrected chi connectivity index (χ4v) is 3.29. The first-order valence-electron chi connectivity index (χ1n) is 9.48. The van der Waals surface area contributed by atoms with E-state index in [0.717, 1.165) is 24.1 Å². The molecule has 0 saturated heterocycles. The summed E-state index contributed by atoms with van der Waals surface area (Å²) >= 11 is 0. The number of fused-ring (bicyclic) bond motifs is 1. The average Bonchev–Trinajstić information content (AvgIpc) is 2.68. The van der Waals surface area contributed by atoms with E-state index in [1.807, 2.05) is 30.3 Å². The zero-order valence-corrected chi connectivity index (χ0v) is 16.1. The van der Waals surface area contributed by atoms with Crippen molar-refractivity contribution in [3.8, 4) is 5.75 Å². The summed E-state index contributed by atoms with van der Waals surface area (Å²) in [7, 11) is 1.73. The Labute approximate surface area is 159 Å². The van der Waals surface area contributed by atoms with Crippen molar-refractivity contribution in [2.24, 2.45) is 7.05 Å². The highest BCUT2D eigenvalue weighted by Crippen LogP contribution is 2.34. The highest BCUT2D eigenvalue weighted by Gasteiger charge is 2.31. The molecule has 2 aromatic rings. The summed E-state index contributed by atoms with van der Waals surface area (Å²) in [6, 6.07) is 11.4. The summed E-state index contributed by atoms with van der Waals surface area (Å²) in [4.78, 5) is 26.8. The maximum atomic E-state index is 12.7. The summed E-state index contributed by atoms with van der Waals surface area (Å²) in [6.07, 6.45) is 2.97. The molecule has 1 aromatic carbocycles. The van der Waals surface area contributed by atoms with E-state index in [1.54, 1.807) is 23.9 Å². The number of carbonyl (C=O) groups is 1. The van der Waals surface area contributed by atoms with Gasteiger partial charge in [-0.25, -0.2) is 0 Å². The SMILES string of the molecule is CCC(CC)NC(=O)C1CN(Cc2ccn(C)c(=O)c2)c2ccccc2O1. The molecule has 1 amide bonds. The van der Waals surface area contributed by atoms with Gasteiger partial charge in [0, 0.05) is 31.9 Å². The second-order valence-corrected chi connectivity index (χ2v) is 6.96. The maximum Gasteiger partial charge on any atom is 0.263 e. The van der Waals surface area contributed by atoms with Gasteiger partial charge in [0.05, 0.1) is 12.2 Å². The standard InChI is InChI=1S/C21H27N3O3/c1-4-16(5-2)22-21(26)19-14-24(17-8-6-7-9-18(17)27-19)13-15-10-11-23(3)20(25)12-15/h6-12,16,19H,4-5,13-14H2,1-3H3,(H,22,26). The molecule has 1 aliphatic rings. The number of aromatic nitrogens is 1. The number of anilines is 1. The molecule has 1 unspecified atom stereocenters. The van der Waals surface area contributed by atoms with Crippen molar-refractivity contribution in [3.63, 3.8) is 0 Å². The number of nitrogens with zero attached hydrogens (tertiary/aromatic N) is 2. The monoisotopic (exact) mass is 369 g/mol. The predicted molar refractivity (Wildman–Crippen MR) is 106 cm³/mol. The van der Waals surface area contributed by atoms with E-state index in [1.165, 1.54) is 0 Å². The van der Waals surface area contributed by atoms with Crippen LogP contribution in [0.1, 0.15) is 32.3 Å². The van der Waals surface area contributed by atoms with E-state index in [4.69, 9.17) is 4.74 Å². The Morgan fingerprint density at radius 1 is 1.26 bits per heavy atom. The summed E-state index contributed by atoms with van der Waals surface area (Å²) in [5, 5.41) is 3.07. The first-order chi connectivity index (χ1) is 13.0. The normalized spacial score (nSPS) is 16.0. The lowest BCUT2D eigenvalue weighted by atomic mass is 10.1. The van der Waals surface area contributed by atoms with Crippen LogP contribution in [0.4, 0.5) is 5.69 Å². The molecule has 144 valence electrons. The highest BCUT2D eigenvalue weighted by atomic mass is 16.5. The smallest absolute Gasteiger partial charge is 0.263 e. The lowest BCUT2D eigenvalue weighted by molar-refractivity contribution is -0.128. The maximum absolute atomic E-state index is 12.7. The number of para-hydroxylation sites is 2. The van der Waals surface area contributed by atoms with Crippen molar-refractivity contribution in [1.82, 2.24) is 9.88 Å². The molecule has 0 spiro atoms. The van der Waals surface area contributed by atoms with Crippen LogP contribution >= 0.6 is 0 Å². The topological polar surface area (TPSA) is 63.6 Å². The minimum atomic E-state index is -0.577. The molecule has 0 saturated carbocycles. The Hall–Kier alpha value is -2.76. The third kappa shape index (κ3) is 4.32. The van der Waals surface area contributed by atoms with Gasteiger partial charge < -0.3 is 19.5 Å². The second-order valence-electron chi connectivity index (χ2n) is 6.96. The van der Waals surface area contributed by atoms with Gasteiger partial charge in [-0.3, -0.25) is 9.59 Å². The minimum absolute atomic E-state index is 0.0444. The van der Waals surface area contributed by atoms with E-state index in [0.29, 0.717) is 18.8 Å². The van der Waals surface area contributed by atoms with Gasteiger partial charge in [-0.2, -0.15) is 0 Å². The van der Waals surface area contributed by atoms with Crippen LogP contribution in [0.3, 0.4) is 0 Å². The lowest BCUT2D eigenvalue weighted by Gasteiger charge is -2.36. The number of nitrogens with one attached hydrogen (secondary N) is 1. The third-order valence-corrected chi connectivity index (χ3v) is 5.03. The van der Waals surface area contributed by atoms with Gasteiger partial charge in [0.15, 0.2) is 6.10 Å². The first kappa shape index (κ1) is 19.0. The number of carbonyl (C=O) groups excluding carboxylic acids is 1. The van der Waals surface area contributed by atoms with Gasteiger partial charge in [0.2, 0.25) is 0 Å². The van der Waals surface area contributed by atoms with Crippen LogP contribution in [0.25, 0.3) is 0 Å². The molecule has 1 N–H and O–H groups in total. The number of amides is 1. The predicted octanol–water partition coefficient (Wildman–Crippen LogP) is 2.46. The van der Waals surface area contributed by atoms with Crippen LogP contribution in [0.15, 0.2) is 47.4 Å². The van der Waals surface area contributed by atoms with Crippen molar-refractivity contribution in [3.05, 3.63) is 58.5 Å². The molecule has 1 aromatic heterocycles. The molecular formula is C21H27N3O3. The second kappa shape index (κ2) is 8.29. The van der Waals surface area contributed by atoms with Crippen molar-refractivity contribution in [2.45, 2.75) is 45.4 Å². The number of aryl methyl sites for hydroxylation is 1. The molecule has 0 aliphatic carbocycles. The number of pyridine rings is 1. The number of rotatable bonds is 6. The number of benzene rings is 1. The van der Waals surface area contributed by atoms with Gasteiger partial charge >= 0.3 is 0 Å². The third-order valence-electron chi connectivity index (χ3n) is 5.03. The van der Waals surface area contributed by atoms with E-state index >= 15 is 0 Å². The van der Waals surface area contributed by atoms with Gasteiger partial charge in [0.25, 0.3) is 11.5 Å². The fraction of sp³-hybridized carbons (Fsp3) is 0.429. The molecule has 1 aliphatic heterocycles. The Kier molecular flexibility index (Phi) is 5.84. The Morgan fingerprint density at radius 3 is 2.70 bits per heavy atom. The molecule has 27 heavy (non-hydrogen) atoms. The quantitative estimate of drug-likeness (QED) is 0.850. The van der Waals surface area contributed by atoms with Crippen LogP contribution in [0.2, 0.25) is 0 Å². The molecule has 6 heteroatoms. The van der Waals surface area contributed by atoms with Gasteiger partial charge in [-0.15, -0.1) is 0 Å². The minimum Gasteiger partial charge on any atom is -0.477 e. The molecule has 0 radical (unpaired) electrons. The Morgan fingerprint density at radius 2 is 2.00 bits per heavy atom. The van der Waals surface area contributed by atoms with E-state index in [9.17, 15) is 9.59 Å². The molecule has 6 nitrogen and oxygen atoms in total. The van der Waals surface area contributed by atoms with E-state index in [-0.39, 0.29) is 17.5 Å². The van der Waals surface area contributed by atoms with Crippen LogP contribution < -0.4 is 20.5 Å². The molecule has 2 heterocycles. The van der Waals surface area contributed by atoms with Gasteiger partial charge in [0.1, 0.15) is 5.75 Å².